The van der Waals surface area contributed by atoms with E-state index in [1.54, 1.807) is 13.3 Å². The number of ether oxygens (including phenoxy) is 1. The zero-order valence-corrected chi connectivity index (χ0v) is 18.0. The van der Waals surface area contributed by atoms with Gasteiger partial charge in [0.2, 0.25) is 0 Å². The summed E-state index contributed by atoms with van der Waals surface area (Å²) < 4.78 is 5.51. The van der Waals surface area contributed by atoms with Gasteiger partial charge in [-0.3, -0.25) is 9.59 Å². The van der Waals surface area contributed by atoms with Crippen LogP contribution in [0.3, 0.4) is 0 Å². The van der Waals surface area contributed by atoms with E-state index in [0.29, 0.717) is 12.0 Å². The van der Waals surface area contributed by atoms with Crippen LogP contribution in [0.1, 0.15) is 57.3 Å². The molecule has 1 N–H and O–H groups in total. The number of nitrogens with one attached hydrogen (secondary N) is 1. The van der Waals surface area contributed by atoms with Gasteiger partial charge >= 0.3 is 5.97 Å². The van der Waals surface area contributed by atoms with Crippen molar-refractivity contribution in [2.75, 3.05) is 18.0 Å². The third-order valence-electron chi connectivity index (χ3n) is 5.47. The highest BCUT2D eigenvalue weighted by Crippen LogP contribution is 2.34. The molecule has 4 rings (SSSR count). The second-order valence-corrected chi connectivity index (χ2v) is 9.11. The fourth-order valence-electron chi connectivity index (χ4n) is 4.21. The molecule has 30 heavy (non-hydrogen) atoms. The zero-order valence-electron chi connectivity index (χ0n) is 18.0. The highest BCUT2D eigenvalue weighted by Gasteiger charge is 2.27. The van der Waals surface area contributed by atoms with E-state index in [1.165, 1.54) is 0 Å². The predicted octanol–water partition coefficient (Wildman–Crippen LogP) is 4.26. The maximum Gasteiger partial charge on any atom is 0.306 e. The Kier molecular flexibility index (Phi) is 5.22. The van der Waals surface area contributed by atoms with Crippen molar-refractivity contribution in [1.29, 1.82) is 0 Å². The molecule has 0 aliphatic carbocycles. The van der Waals surface area contributed by atoms with E-state index in [1.807, 2.05) is 39.0 Å². The van der Waals surface area contributed by atoms with Gasteiger partial charge in [-0.2, -0.15) is 0 Å². The van der Waals surface area contributed by atoms with E-state index in [9.17, 15) is 9.59 Å². The Balaban J connectivity index is 1.65. The van der Waals surface area contributed by atoms with Crippen LogP contribution in [0.15, 0.2) is 24.5 Å². The van der Waals surface area contributed by atoms with Crippen LogP contribution in [0.5, 0.6) is 0 Å². The van der Waals surface area contributed by atoms with Gasteiger partial charge in [0.15, 0.2) is 5.78 Å². The van der Waals surface area contributed by atoms with Crippen molar-refractivity contribution in [2.24, 2.45) is 5.92 Å². The number of ketones is 1. The van der Waals surface area contributed by atoms with Crippen molar-refractivity contribution in [3.8, 4) is 0 Å². The van der Waals surface area contributed by atoms with Crippen LogP contribution in [0.4, 0.5) is 5.82 Å². The van der Waals surface area contributed by atoms with Gasteiger partial charge in [0, 0.05) is 29.6 Å². The molecule has 0 saturated carbocycles. The smallest absolute Gasteiger partial charge is 0.306 e. The molecule has 1 saturated heterocycles. The van der Waals surface area contributed by atoms with Crippen LogP contribution in [-0.2, 0) is 9.53 Å². The van der Waals surface area contributed by atoms with Crippen LogP contribution in [0.2, 0.25) is 0 Å². The minimum absolute atomic E-state index is 0.0278. The fraction of sp³-hybridized carbons (Fsp3) is 0.478. The zero-order chi connectivity index (χ0) is 21.5. The summed E-state index contributed by atoms with van der Waals surface area (Å²) in [4.78, 5) is 38.8. The molecule has 1 aliphatic rings. The topological polar surface area (TPSA) is 88.2 Å². The van der Waals surface area contributed by atoms with E-state index >= 15 is 0 Å². The Morgan fingerprint density at radius 2 is 2.07 bits per heavy atom. The second-order valence-electron chi connectivity index (χ2n) is 9.11. The first-order chi connectivity index (χ1) is 14.2. The summed E-state index contributed by atoms with van der Waals surface area (Å²) in [5.41, 5.74) is 1.88. The summed E-state index contributed by atoms with van der Waals surface area (Å²) >= 11 is 0. The molecule has 1 aliphatic heterocycles. The van der Waals surface area contributed by atoms with E-state index < -0.39 is 5.60 Å². The third-order valence-corrected chi connectivity index (χ3v) is 5.47. The molecule has 2 aromatic heterocycles. The van der Waals surface area contributed by atoms with Crippen molar-refractivity contribution in [2.45, 2.75) is 52.6 Å². The Labute approximate surface area is 175 Å². The molecule has 1 atom stereocenters. The lowest BCUT2D eigenvalue weighted by Gasteiger charge is -2.34. The number of aromatic nitrogens is 3. The predicted molar refractivity (Wildman–Crippen MR) is 117 cm³/mol. The highest BCUT2D eigenvalue weighted by atomic mass is 16.6. The molecule has 7 nitrogen and oxygen atoms in total. The number of rotatable bonds is 4. The van der Waals surface area contributed by atoms with E-state index in [4.69, 9.17) is 4.74 Å². The van der Waals surface area contributed by atoms with Crippen LogP contribution in [0, 0.1) is 5.92 Å². The van der Waals surface area contributed by atoms with Crippen molar-refractivity contribution in [3.05, 3.63) is 30.1 Å². The number of Topliss-reactive ketones (excluding diaryl/α,β-unsaturated/α-hetero) is 1. The molecule has 0 amide bonds. The Hall–Kier alpha value is -2.96. The number of esters is 1. The molecule has 1 fully saturated rings. The summed E-state index contributed by atoms with van der Waals surface area (Å²) in [6.07, 6.45) is 3.95. The Bertz CT molecular complexity index is 1110. The molecule has 1 unspecified atom stereocenters. The Morgan fingerprint density at radius 3 is 2.80 bits per heavy atom. The van der Waals surface area contributed by atoms with Gasteiger partial charge in [0.1, 0.15) is 23.4 Å². The number of anilines is 1. The SMILES string of the molecule is CC(=O)c1ccc2[nH]c3ncnc(N4CCCC(CC(=O)OC(C)(C)C)C4)c3c2c1. The minimum atomic E-state index is -0.470. The number of carbonyl (C=O) groups is 2. The van der Waals surface area contributed by atoms with Crippen molar-refractivity contribution < 1.29 is 14.3 Å². The summed E-state index contributed by atoms with van der Waals surface area (Å²) in [7, 11) is 0. The van der Waals surface area contributed by atoms with Crippen LogP contribution in [0.25, 0.3) is 21.9 Å². The number of hydrogen-bond acceptors (Lipinski definition) is 6. The molecule has 0 bridgehead atoms. The van der Waals surface area contributed by atoms with Crippen molar-refractivity contribution >= 4 is 39.5 Å². The molecule has 7 heteroatoms. The van der Waals surface area contributed by atoms with E-state index in [-0.39, 0.29) is 17.7 Å². The molecular weight excluding hydrogens is 380 g/mol. The van der Waals surface area contributed by atoms with Gasteiger partial charge in [-0.25, -0.2) is 9.97 Å². The first kappa shape index (κ1) is 20.3. The average Bonchev–Trinajstić information content (AvgIpc) is 3.04. The standard InChI is InChI=1S/C23H28N4O3/c1-14(28)16-7-8-18-17(11-16)20-21(26-18)24-13-25-22(20)27-9-5-6-15(12-27)10-19(29)30-23(2,3)4/h7-8,11,13,15H,5-6,9-10,12H2,1-4H3,(H,24,25,26). The lowest BCUT2D eigenvalue weighted by Crippen LogP contribution is -2.37. The van der Waals surface area contributed by atoms with Crippen LogP contribution in [-0.4, -0.2) is 45.4 Å². The van der Waals surface area contributed by atoms with Crippen molar-refractivity contribution in [3.63, 3.8) is 0 Å². The monoisotopic (exact) mass is 408 g/mol. The summed E-state index contributed by atoms with van der Waals surface area (Å²) in [5, 5.41) is 1.87. The maximum absolute atomic E-state index is 12.3. The first-order valence-corrected chi connectivity index (χ1v) is 10.5. The quantitative estimate of drug-likeness (QED) is 0.513. The van der Waals surface area contributed by atoms with E-state index in [2.05, 4.69) is 19.9 Å². The molecule has 158 valence electrons. The molecule has 3 aromatic rings. The van der Waals surface area contributed by atoms with Gasteiger partial charge in [-0.15, -0.1) is 0 Å². The summed E-state index contributed by atoms with van der Waals surface area (Å²) in [6, 6.07) is 5.65. The van der Waals surface area contributed by atoms with Gasteiger partial charge in [-0.1, -0.05) is 0 Å². The van der Waals surface area contributed by atoms with Gasteiger partial charge in [0.05, 0.1) is 11.8 Å². The molecule has 1 aromatic carbocycles. The number of benzene rings is 1. The normalized spacial score (nSPS) is 17.5. The number of hydrogen-bond donors (Lipinski definition) is 1. The van der Waals surface area contributed by atoms with Crippen LogP contribution < -0.4 is 4.90 Å². The number of aromatic amines is 1. The minimum Gasteiger partial charge on any atom is -0.460 e. The summed E-state index contributed by atoms with van der Waals surface area (Å²) in [5.74, 6) is 0.942. The fourth-order valence-corrected chi connectivity index (χ4v) is 4.21. The number of piperidine rings is 1. The molecular formula is C23H28N4O3. The number of fused-ring (bicyclic) bond motifs is 3. The van der Waals surface area contributed by atoms with E-state index in [0.717, 1.165) is 53.7 Å². The van der Waals surface area contributed by atoms with Crippen LogP contribution >= 0.6 is 0 Å². The maximum atomic E-state index is 12.3. The number of carbonyl (C=O) groups excluding carboxylic acids is 2. The molecule has 3 heterocycles. The first-order valence-electron chi connectivity index (χ1n) is 10.5. The third kappa shape index (κ3) is 4.15. The average molecular weight is 409 g/mol. The molecule has 0 spiro atoms. The second kappa shape index (κ2) is 7.70. The lowest BCUT2D eigenvalue weighted by atomic mass is 9.94. The summed E-state index contributed by atoms with van der Waals surface area (Å²) in [6.45, 7) is 8.85. The largest absolute Gasteiger partial charge is 0.460 e. The van der Waals surface area contributed by atoms with Gasteiger partial charge < -0.3 is 14.6 Å². The Morgan fingerprint density at radius 1 is 1.27 bits per heavy atom. The highest BCUT2D eigenvalue weighted by molar-refractivity contribution is 6.13. The number of nitrogens with zero attached hydrogens (tertiary/aromatic N) is 3. The van der Waals surface area contributed by atoms with Crippen molar-refractivity contribution in [1.82, 2.24) is 15.0 Å². The lowest BCUT2D eigenvalue weighted by molar-refractivity contribution is -0.156. The number of H-pyrrole nitrogens is 1. The van der Waals surface area contributed by atoms with Gasteiger partial charge in [-0.05, 0) is 64.7 Å². The molecule has 0 radical (unpaired) electrons. The van der Waals surface area contributed by atoms with Gasteiger partial charge in [0.25, 0.3) is 0 Å².